The molecule has 1 aromatic heterocycles. The molecule has 3 nitrogen and oxygen atoms in total. The number of unbranched alkanes of at least 4 members (excludes halogenated alkanes) is 2. The number of hydrogen-bond donors (Lipinski definition) is 0. The zero-order valence-corrected chi connectivity index (χ0v) is 30.3. The Morgan fingerprint density at radius 1 is 0.580 bits per heavy atom. The molecular weight excluding hydrogens is 623 g/mol. The number of imidazole rings is 1. The van der Waals surface area contributed by atoms with Crippen molar-refractivity contribution in [1.82, 2.24) is 9.55 Å². The van der Waals surface area contributed by atoms with E-state index in [0.717, 1.165) is 18.8 Å². The highest BCUT2D eigenvalue weighted by Gasteiger charge is 2.36. The van der Waals surface area contributed by atoms with Crippen LogP contribution in [0.4, 0.5) is 0 Å². The predicted molar refractivity (Wildman–Crippen MR) is 215 cm³/mol. The maximum atomic E-state index is 5.93. The first kappa shape index (κ1) is 34.5. The highest BCUT2D eigenvalue weighted by molar-refractivity contribution is 6.95. The molecule has 0 radical (unpaired) electrons. The average molecular weight is 669 g/mol. The molecule has 5 heteroatoms. The molecule has 0 spiro atoms. The molecule has 0 aliphatic rings. The topological polar surface area (TPSA) is 27.1 Å². The van der Waals surface area contributed by atoms with Crippen molar-refractivity contribution in [3.8, 4) is 5.75 Å². The van der Waals surface area contributed by atoms with Gasteiger partial charge in [-0.2, -0.15) is 0 Å². The maximum absolute atomic E-state index is 5.93. The van der Waals surface area contributed by atoms with E-state index in [1.54, 1.807) is 0 Å². The lowest BCUT2D eigenvalue weighted by molar-refractivity contribution is 0.306. The first-order valence-electron chi connectivity index (χ1n) is 17.7. The van der Waals surface area contributed by atoms with E-state index in [0.29, 0.717) is 6.71 Å². The molecule has 0 aliphatic heterocycles. The van der Waals surface area contributed by atoms with Crippen LogP contribution in [0.2, 0.25) is 0 Å². The summed E-state index contributed by atoms with van der Waals surface area (Å²) in [5.74, 6) is 0.960. The van der Waals surface area contributed by atoms with Gasteiger partial charge in [0.2, 0.25) is 6.71 Å². The molecule has 0 bridgehead atoms. The molecule has 50 heavy (non-hydrogen) atoms. The Labute approximate surface area is 300 Å². The van der Waals surface area contributed by atoms with Crippen LogP contribution in [-0.4, -0.2) is 32.4 Å². The van der Waals surface area contributed by atoms with Crippen molar-refractivity contribution >= 4 is 37.8 Å². The lowest BCUT2D eigenvalue weighted by atomic mass is 9.37. The van der Waals surface area contributed by atoms with Crippen molar-refractivity contribution in [2.75, 3.05) is 6.61 Å². The van der Waals surface area contributed by atoms with Crippen molar-refractivity contribution in [2.24, 2.45) is 0 Å². The van der Waals surface area contributed by atoms with Gasteiger partial charge < -0.3 is 9.30 Å². The van der Waals surface area contributed by atoms with Crippen LogP contribution in [-0.2, 0) is 5.16 Å². The van der Waals surface area contributed by atoms with Crippen LogP contribution in [0.15, 0.2) is 195 Å². The van der Waals surface area contributed by atoms with Crippen LogP contribution in [0.3, 0.4) is 0 Å². The Kier molecular flexibility index (Phi) is 12.3. The third-order valence-electron chi connectivity index (χ3n) is 9.25. The van der Waals surface area contributed by atoms with E-state index in [4.69, 9.17) is 4.74 Å². The molecule has 6 aromatic carbocycles. The quantitative estimate of drug-likeness (QED) is 0.0989. The molecule has 0 unspecified atom stereocenters. The summed E-state index contributed by atoms with van der Waals surface area (Å²) in [6, 6.07) is 62.4. The molecule has 0 N–H and O–H groups in total. The van der Waals surface area contributed by atoms with E-state index in [1.807, 2.05) is 12.5 Å². The van der Waals surface area contributed by atoms with Crippen LogP contribution in [0, 0.1) is 0 Å². The molecule has 0 amide bonds. The van der Waals surface area contributed by atoms with Gasteiger partial charge in [0.25, 0.3) is 0 Å². The van der Waals surface area contributed by atoms with Crippen LogP contribution in [0.1, 0.15) is 37.3 Å². The standard InChI is InChI=1S/C27H30N2OSi.C18H15B/c1-2-3-10-21-30-25-15-17-26(18-16-25)31-27(29-20-19-28-22-29,23-11-6-4-7-12-23)24-13-8-5-9-14-24;1-4-10-16(11-5-1)19(17-12-6-2-7-13-17)18-14-8-3-9-15-18/h4-9,11-20,22H,2-3,10,21,31H2,1H3;1-15H. The zero-order valence-electron chi connectivity index (χ0n) is 28.9. The van der Waals surface area contributed by atoms with Crippen LogP contribution in [0.25, 0.3) is 0 Å². The minimum absolute atomic E-state index is 0.248. The van der Waals surface area contributed by atoms with Gasteiger partial charge in [-0.05, 0) is 29.7 Å². The van der Waals surface area contributed by atoms with Gasteiger partial charge in [0, 0.05) is 12.4 Å². The van der Waals surface area contributed by atoms with Crippen molar-refractivity contribution in [3.63, 3.8) is 0 Å². The Bertz CT molecular complexity index is 1810. The van der Waals surface area contributed by atoms with E-state index in [9.17, 15) is 0 Å². The van der Waals surface area contributed by atoms with Gasteiger partial charge in [0.15, 0.2) is 0 Å². The highest BCUT2D eigenvalue weighted by Crippen LogP contribution is 2.33. The SMILES string of the molecule is CCCCCOc1ccc([SiH2]C(c2ccccc2)(c2ccccc2)n2ccnc2)cc1.c1ccc(B(c2ccccc2)c2ccccc2)cc1. The largest absolute Gasteiger partial charge is 0.494 e. The van der Waals surface area contributed by atoms with Gasteiger partial charge in [-0.3, -0.25) is 0 Å². The normalized spacial score (nSPS) is 11.1. The minimum Gasteiger partial charge on any atom is -0.494 e. The Morgan fingerprint density at radius 3 is 1.46 bits per heavy atom. The van der Waals surface area contributed by atoms with Crippen molar-refractivity contribution < 1.29 is 4.74 Å². The third kappa shape index (κ3) is 8.60. The second kappa shape index (κ2) is 17.8. The monoisotopic (exact) mass is 668 g/mol. The number of aromatic nitrogens is 2. The lowest BCUT2D eigenvalue weighted by Crippen LogP contribution is -2.51. The van der Waals surface area contributed by atoms with Crippen LogP contribution >= 0.6 is 0 Å². The van der Waals surface area contributed by atoms with Gasteiger partial charge in [0.1, 0.15) is 5.75 Å². The fourth-order valence-corrected chi connectivity index (χ4v) is 9.04. The number of nitrogens with zero attached hydrogens (tertiary/aromatic N) is 2. The van der Waals surface area contributed by atoms with E-state index < -0.39 is 9.52 Å². The number of rotatable bonds is 13. The smallest absolute Gasteiger partial charge is 0.241 e. The Hall–Kier alpha value is -5.39. The summed E-state index contributed by atoms with van der Waals surface area (Å²) < 4.78 is 8.23. The molecule has 0 saturated carbocycles. The molecule has 7 aromatic rings. The highest BCUT2D eigenvalue weighted by atomic mass is 28.2. The average Bonchev–Trinajstić information content (AvgIpc) is 3.74. The van der Waals surface area contributed by atoms with Gasteiger partial charge in [-0.1, -0.05) is 205 Å². The van der Waals surface area contributed by atoms with E-state index in [1.165, 1.54) is 45.5 Å². The van der Waals surface area contributed by atoms with E-state index >= 15 is 0 Å². The molecule has 0 atom stereocenters. The third-order valence-corrected chi connectivity index (χ3v) is 11.8. The van der Waals surface area contributed by atoms with Crippen molar-refractivity contribution in [3.05, 3.63) is 206 Å². The molecule has 0 fully saturated rings. The minimum atomic E-state index is -0.846. The number of ether oxygens (including phenoxy) is 1. The molecular formula is C45H45BN2OSi. The van der Waals surface area contributed by atoms with Crippen LogP contribution < -0.4 is 26.3 Å². The molecule has 248 valence electrons. The summed E-state index contributed by atoms with van der Waals surface area (Å²) in [7, 11) is -0.846. The van der Waals surface area contributed by atoms with Crippen molar-refractivity contribution in [2.45, 2.75) is 31.3 Å². The summed E-state index contributed by atoms with van der Waals surface area (Å²) >= 11 is 0. The Morgan fingerprint density at radius 2 is 1.04 bits per heavy atom. The number of benzene rings is 6. The molecule has 7 rings (SSSR count). The number of hydrogen-bond acceptors (Lipinski definition) is 2. The molecule has 1 heterocycles. The van der Waals surface area contributed by atoms with Crippen LogP contribution in [0.5, 0.6) is 5.75 Å². The summed E-state index contributed by atoms with van der Waals surface area (Å²) in [5, 5.41) is 1.14. The summed E-state index contributed by atoms with van der Waals surface area (Å²) in [6.45, 7) is 3.31. The first-order chi connectivity index (χ1) is 24.8. The van der Waals surface area contributed by atoms with Gasteiger partial charge in [-0.25, -0.2) is 4.98 Å². The van der Waals surface area contributed by atoms with Gasteiger partial charge in [-0.15, -0.1) is 0 Å². The van der Waals surface area contributed by atoms with Gasteiger partial charge >= 0.3 is 0 Å². The second-order valence-electron chi connectivity index (χ2n) is 12.6. The fraction of sp³-hybridized carbons (Fsp3) is 0.133. The molecule has 0 saturated heterocycles. The maximum Gasteiger partial charge on any atom is 0.241 e. The summed E-state index contributed by atoms with van der Waals surface area (Å²) in [6.07, 6.45) is 9.47. The van der Waals surface area contributed by atoms with Crippen molar-refractivity contribution in [1.29, 1.82) is 0 Å². The second-order valence-corrected chi connectivity index (χ2v) is 14.8. The van der Waals surface area contributed by atoms with Gasteiger partial charge in [0.05, 0.1) is 27.6 Å². The summed E-state index contributed by atoms with van der Waals surface area (Å²) in [4.78, 5) is 4.41. The molecule has 0 aliphatic carbocycles. The first-order valence-corrected chi connectivity index (χ1v) is 19.2. The lowest BCUT2D eigenvalue weighted by Gasteiger charge is -2.37. The van der Waals surface area contributed by atoms with E-state index in [-0.39, 0.29) is 5.16 Å². The zero-order chi connectivity index (χ0) is 34.3. The predicted octanol–water partition coefficient (Wildman–Crippen LogP) is 6.90. The Balaban J connectivity index is 0.000000194. The van der Waals surface area contributed by atoms with E-state index in [2.05, 4.69) is 199 Å². The fourth-order valence-electron chi connectivity index (χ4n) is 6.73. The summed E-state index contributed by atoms with van der Waals surface area (Å²) in [5.41, 5.74) is 6.59.